The highest BCUT2D eigenvalue weighted by molar-refractivity contribution is 6.30. The Morgan fingerprint density at radius 3 is 2.29 bits per heavy atom. The summed E-state index contributed by atoms with van der Waals surface area (Å²) in [6.07, 6.45) is 1.69. The molecule has 3 rings (SSSR count). The van der Waals surface area contributed by atoms with E-state index in [1.807, 2.05) is 36.4 Å². The van der Waals surface area contributed by atoms with Gasteiger partial charge in [-0.2, -0.15) is 0 Å². The Bertz CT molecular complexity index is 1050. The van der Waals surface area contributed by atoms with Gasteiger partial charge in [0, 0.05) is 23.8 Å². The molecule has 1 N–H and O–H groups in total. The van der Waals surface area contributed by atoms with Crippen LogP contribution in [0.3, 0.4) is 0 Å². The van der Waals surface area contributed by atoms with E-state index in [-0.39, 0.29) is 6.03 Å². The molecule has 0 fully saturated rings. The molecule has 160 valence electrons. The fourth-order valence-electron chi connectivity index (χ4n) is 3.47. The number of hydrogen-bond acceptors (Lipinski definition) is 4. The number of ether oxygens (including phenoxy) is 2. The first-order chi connectivity index (χ1) is 15.0. The smallest absolute Gasteiger partial charge is 0.322 e. The van der Waals surface area contributed by atoms with Gasteiger partial charge in [-0.1, -0.05) is 42.5 Å². The van der Waals surface area contributed by atoms with Crippen LogP contribution in [0.15, 0.2) is 79.4 Å². The number of nitrogens with zero attached hydrogens (tertiary/aromatic N) is 2. The van der Waals surface area contributed by atoms with E-state index < -0.39 is 5.54 Å². The highest BCUT2D eigenvalue weighted by Crippen LogP contribution is 2.41. The van der Waals surface area contributed by atoms with E-state index in [0.29, 0.717) is 28.0 Å². The minimum atomic E-state index is -1.16. The number of rotatable bonds is 7. The average molecular weight is 438 g/mol. The Balaban J connectivity index is 2.35. The number of methoxy groups -OCH3 is 2. The van der Waals surface area contributed by atoms with Crippen molar-refractivity contribution in [2.75, 3.05) is 26.2 Å². The summed E-state index contributed by atoms with van der Waals surface area (Å²) < 4.78 is 10.6. The number of nitrogens with one attached hydrogen (secondary N) is 1. The molecule has 2 aromatic carbocycles. The molecule has 0 spiro atoms. The predicted molar refractivity (Wildman–Crippen MR) is 123 cm³/mol. The standard InChI is InChI=1S/C24H24ClN3O3/c1-5-24(17-9-11-18(25)12-10-17,21-7-6-8-22(27-21)31-4)28(23(29)26-2)19-13-15-20(30-3)16-14-19/h5-16H,1H2,2-4H3,(H,26,29)/t24-/m1/s1. The van der Waals surface area contributed by atoms with Crippen molar-refractivity contribution in [2.45, 2.75) is 5.54 Å². The van der Waals surface area contributed by atoms with Crippen LogP contribution in [-0.2, 0) is 5.54 Å². The molecule has 0 unspecified atom stereocenters. The van der Waals surface area contributed by atoms with Gasteiger partial charge in [0.15, 0.2) is 0 Å². The monoisotopic (exact) mass is 437 g/mol. The van der Waals surface area contributed by atoms with Crippen molar-refractivity contribution in [1.29, 1.82) is 0 Å². The fraction of sp³-hybridized carbons (Fsp3) is 0.167. The van der Waals surface area contributed by atoms with E-state index in [1.165, 1.54) is 0 Å². The minimum absolute atomic E-state index is 0.343. The Hall–Kier alpha value is -3.51. The molecule has 0 saturated carbocycles. The van der Waals surface area contributed by atoms with Gasteiger partial charge in [-0.25, -0.2) is 9.78 Å². The quantitative estimate of drug-likeness (QED) is 0.526. The molecule has 0 radical (unpaired) electrons. The van der Waals surface area contributed by atoms with Crippen molar-refractivity contribution in [3.63, 3.8) is 0 Å². The number of urea groups is 1. The van der Waals surface area contributed by atoms with E-state index in [9.17, 15) is 4.79 Å². The predicted octanol–water partition coefficient (Wildman–Crippen LogP) is 5.03. The molecule has 1 heterocycles. The van der Waals surface area contributed by atoms with Gasteiger partial charge in [-0.3, -0.25) is 4.90 Å². The number of benzene rings is 2. The summed E-state index contributed by atoms with van der Waals surface area (Å²) in [4.78, 5) is 19.6. The largest absolute Gasteiger partial charge is 0.497 e. The lowest BCUT2D eigenvalue weighted by Crippen LogP contribution is -2.53. The number of aromatic nitrogens is 1. The van der Waals surface area contributed by atoms with Crippen LogP contribution in [0.5, 0.6) is 11.6 Å². The number of hydrogen-bond donors (Lipinski definition) is 1. The zero-order valence-electron chi connectivity index (χ0n) is 17.6. The maximum Gasteiger partial charge on any atom is 0.322 e. The van der Waals surface area contributed by atoms with Crippen molar-refractivity contribution in [3.05, 3.63) is 95.7 Å². The second-order valence-electron chi connectivity index (χ2n) is 6.63. The van der Waals surface area contributed by atoms with E-state index in [4.69, 9.17) is 21.1 Å². The first-order valence-corrected chi connectivity index (χ1v) is 9.95. The molecule has 6 nitrogen and oxygen atoms in total. The molecule has 3 aromatic rings. The van der Waals surface area contributed by atoms with E-state index in [0.717, 1.165) is 5.56 Å². The summed E-state index contributed by atoms with van der Waals surface area (Å²) in [6.45, 7) is 4.10. The van der Waals surface area contributed by atoms with E-state index in [2.05, 4.69) is 16.9 Å². The van der Waals surface area contributed by atoms with E-state index >= 15 is 0 Å². The second kappa shape index (κ2) is 9.53. The molecular formula is C24H24ClN3O3. The molecule has 2 amide bonds. The minimum Gasteiger partial charge on any atom is -0.497 e. The number of halogens is 1. The number of anilines is 1. The Kier molecular flexibility index (Phi) is 6.82. The summed E-state index contributed by atoms with van der Waals surface area (Å²) in [5, 5.41) is 3.31. The van der Waals surface area contributed by atoms with Crippen molar-refractivity contribution < 1.29 is 14.3 Å². The normalized spacial score (nSPS) is 12.4. The average Bonchev–Trinajstić information content (AvgIpc) is 2.83. The topological polar surface area (TPSA) is 63.7 Å². The fourth-order valence-corrected chi connectivity index (χ4v) is 3.60. The SMILES string of the molecule is C=C[C@@](c1ccc(Cl)cc1)(c1cccc(OC)n1)N(C(=O)NC)c1ccc(OC)cc1. The summed E-state index contributed by atoms with van der Waals surface area (Å²) in [5.41, 5.74) is 0.781. The zero-order chi connectivity index (χ0) is 22.4. The molecular weight excluding hydrogens is 414 g/mol. The Morgan fingerprint density at radius 2 is 1.74 bits per heavy atom. The molecule has 31 heavy (non-hydrogen) atoms. The van der Waals surface area contributed by atoms with Crippen LogP contribution in [0.4, 0.5) is 10.5 Å². The van der Waals surface area contributed by atoms with Crippen molar-refractivity contribution in [2.24, 2.45) is 0 Å². The van der Waals surface area contributed by atoms with Crippen molar-refractivity contribution in [1.82, 2.24) is 10.3 Å². The number of carbonyl (C=O) groups excluding carboxylic acids is 1. The summed E-state index contributed by atoms with van der Waals surface area (Å²) in [5.74, 6) is 1.10. The summed E-state index contributed by atoms with van der Waals surface area (Å²) in [6, 6.07) is 19.5. The highest BCUT2D eigenvalue weighted by Gasteiger charge is 2.43. The lowest BCUT2D eigenvalue weighted by atomic mass is 9.83. The Labute approximate surface area is 187 Å². The second-order valence-corrected chi connectivity index (χ2v) is 7.07. The van der Waals surface area contributed by atoms with Gasteiger partial charge in [0.1, 0.15) is 11.3 Å². The van der Waals surface area contributed by atoms with Crippen LogP contribution in [0, 0.1) is 0 Å². The molecule has 0 saturated heterocycles. The van der Waals surface area contributed by atoms with Crippen molar-refractivity contribution >= 4 is 23.3 Å². The first kappa shape index (κ1) is 22.2. The van der Waals surface area contributed by atoms with Crippen LogP contribution in [0.25, 0.3) is 0 Å². The molecule has 0 bridgehead atoms. The van der Waals surface area contributed by atoms with Gasteiger partial charge in [-0.05, 0) is 48.0 Å². The van der Waals surface area contributed by atoms with Gasteiger partial charge in [0.2, 0.25) is 5.88 Å². The third-order valence-corrected chi connectivity index (χ3v) is 5.26. The van der Waals surface area contributed by atoms with Gasteiger partial charge in [0.25, 0.3) is 0 Å². The number of carbonyl (C=O) groups is 1. The van der Waals surface area contributed by atoms with Crippen LogP contribution in [-0.4, -0.2) is 32.3 Å². The van der Waals surface area contributed by atoms with Gasteiger partial charge < -0.3 is 14.8 Å². The lowest BCUT2D eigenvalue weighted by Gasteiger charge is -2.41. The molecule has 0 aliphatic rings. The van der Waals surface area contributed by atoms with Crippen LogP contribution in [0.2, 0.25) is 5.02 Å². The summed E-state index contributed by atoms with van der Waals surface area (Å²) in [7, 11) is 4.71. The molecule has 1 atom stereocenters. The van der Waals surface area contributed by atoms with Crippen LogP contribution in [0.1, 0.15) is 11.3 Å². The number of amides is 2. The number of pyridine rings is 1. The molecule has 0 aliphatic carbocycles. The zero-order valence-corrected chi connectivity index (χ0v) is 18.4. The Morgan fingerprint density at radius 1 is 1.06 bits per heavy atom. The summed E-state index contributed by atoms with van der Waals surface area (Å²) >= 11 is 6.15. The third-order valence-electron chi connectivity index (χ3n) is 5.00. The van der Waals surface area contributed by atoms with Crippen LogP contribution >= 0.6 is 11.6 Å². The maximum atomic E-state index is 13.3. The highest BCUT2D eigenvalue weighted by atomic mass is 35.5. The molecule has 7 heteroatoms. The van der Waals surface area contributed by atoms with E-state index in [1.54, 1.807) is 62.6 Å². The van der Waals surface area contributed by atoms with Gasteiger partial charge >= 0.3 is 6.03 Å². The molecule has 0 aliphatic heterocycles. The maximum absolute atomic E-state index is 13.3. The third kappa shape index (κ3) is 4.20. The lowest BCUT2D eigenvalue weighted by molar-refractivity contribution is 0.244. The van der Waals surface area contributed by atoms with Gasteiger partial charge in [-0.15, -0.1) is 0 Å². The van der Waals surface area contributed by atoms with Crippen LogP contribution < -0.4 is 19.7 Å². The molecule has 1 aromatic heterocycles. The van der Waals surface area contributed by atoms with Crippen molar-refractivity contribution in [3.8, 4) is 11.6 Å². The first-order valence-electron chi connectivity index (χ1n) is 9.57. The van der Waals surface area contributed by atoms with Gasteiger partial charge in [0.05, 0.1) is 19.9 Å².